The summed E-state index contributed by atoms with van der Waals surface area (Å²) in [5.74, 6) is 1.74. The summed E-state index contributed by atoms with van der Waals surface area (Å²) in [5.41, 5.74) is 3.93. The van der Waals surface area contributed by atoms with E-state index in [0.29, 0.717) is 17.4 Å². The van der Waals surface area contributed by atoms with Crippen molar-refractivity contribution in [3.05, 3.63) is 51.8 Å². The molecule has 0 N–H and O–H groups in total. The third kappa shape index (κ3) is 3.10. The van der Waals surface area contributed by atoms with Gasteiger partial charge in [-0.2, -0.15) is 5.10 Å². The highest BCUT2D eigenvalue weighted by molar-refractivity contribution is 9.10. The molecule has 3 heterocycles. The van der Waals surface area contributed by atoms with Gasteiger partial charge in [-0.15, -0.1) is 0 Å². The number of halogens is 1. The van der Waals surface area contributed by atoms with Gasteiger partial charge in [0.2, 0.25) is 5.88 Å². The van der Waals surface area contributed by atoms with Crippen molar-refractivity contribution < 1.29 is 4.74 Å². The van der Waals surface area contributed by atoms with E-state index >= 15 is 0 Å². The second-order valence-corrected chi connectivity index (χ2v) is 6.08. The maximum Gasteiger partial charge on any atom is 0.224 e. The molecule has 3 rings (SSSR count). The van der Waals surface area contributed by atoms with E-state index < -0.39 is 0 Å². The van der Waals surface area contributed by atoms with Crippen molar-refractivity contribution in [2.75, 3.05) is 0 Å². The summed E-state index contributed by atoms with van der Waals surface area (Å²) < 4.78 is 8.51. The van der Waals surface area contributed by atoms with Gasteiger partial charge in [0.1, 0.15) is 12.1 Å². The van der Waals surface area contributed by atoms with Crippen LogP contribution < -0.4 is 4.74 Å². The van der Waals surface area contributed by atoms with Gasteiger partial charge in [0.15, 0.2) is 5.82 Å². The van der Waals surface area contributed by atoms with Gasteiger partial charge < -0.3 is 4.74 Å². The molecule has 0 aliphatic heterocycles. The zero-order chi connectivity index (χ0) is 16.6. The molecule has 6 nitrogen and oxygen atoms in total. The maximum absolute atomic E-state index is 5.79. The van der Waals surface area contributed by atoms with Crippen LogP contribution in [0.25, 0.3) is 5.82 Å². The third-order valence-corrected chi connectivity index (χ3v) is 4.73. The molecule has 0 saturated carbocycles. The first kappa shape index (κ1) is 15.6. The molecule has 0 fully saturated rings. The van der Waals surface area contributed by atoms with Crippen molar-refractivity contribution in [2.24, 2.45) is 0 Å². The monoisotopic (exact) mass is 373 g/mol. The number of rotatable bonds is 3. The van der Waals surface area contributed by atoms with E-state index in [4.69, 9.17) is 4.74 Å². The fourth-order valence-corrected chi connectivity index (χ4v) is 2.39. The molecule has 0 radical (unpaired) electrons. The van der Waals surface area contributed by atoms with Gasteiger partial charge in [0.25, 0.3) is 0 Å². The van der Waals surface area contributed by atoms with Crippen LogP contribution in [0.3, 0.4) is 0 Å². The molecule has 0 spiro atoms. The molecular formula is C16H16BrN5O. The molecule has 0 amide bonds. The van der Waals surface area contributed by atoms with Crippen molar-refractivity contribution in [1.29, 1.82) is 0 Å². The SMILES string of the molecule is Cc1cc(Oc2cc(-n3nc(C)c(Br)c3C)ncn2)cnc1C. The van der Waals surface area contributed by atoms with Crippen LogP contribution in [-0.4, -0.2) is 24.7 Å². The third-order valence-electron chi connectivity index (χ3n) is 3.58. The van der Waals surface area contributed by atoms with E-state index in [2.05, 4.69) is 36.0 Å². The van der Waals surface area contributed by atoms with Crippen LogP contribution in [0.4, 0.5) is 0 Å². The quantitative estimate of drug-likeness (QED) is 0.697. The van der Waals surface area contributed by atoms with Gasteiger partial charge >= 0.3 is 0 Å². The maximum atomic E-state index is 5.79. The second-order valence-electron chi connectivity index (χ2n) is 5.29. The summed E-state index contributed by atoms with van der Waals surface area (Å²) >= 11 is 3.52. The van der Waals surface area contributed by atoms with Gasteiger partial charge in [-0.1, -0.05) is 0 Å². The first-order chi connectivity index (χ1) is 11.0. The highest BCUT2D eigenvalue weighted by atomic mass is 79.9. The standard InChI is InChI=1S/C16H16BrN5O/c1-9-5-13(7-18-10(9)2)23-15-6-14(19-8-20-15)22-12(4)16(17)11(3)21-22/h5-8H,1-4H3. The summed E-state index contributed by atoms with van der Waals surface area (Å²) in [6, 6.07) is 3.69. The molecule has 7 heteroatoms. The number of aromatic nitrogens is 5. The van der Waals surface area contributed by atoms with Crippen molar-refractivity contribution in [2.45, 2.75) is 27.7 Å². The average Bonchev–Trinajstić information content (AvgIpc) is 2.79. The van der Waals surface area contributed by atoms with Crippen LogP contribution in [0.15, 0.2) is 29.1 Å². The van der Waals surface area contributed by atoms with Crippen molar-refractivity contribution >= 4 is 15.9 Å². The van der Waals surface area contributed by atoms with Crippen molar-refractivity contribution in [3.63, 3.8) is 0 Å². The fourth-order valence-electron chi connectivity index (χ4n) is 2.14. The molecule has 3 aromatic rings. The normalized spacial score (nSPS) is 10.8. The summed E-state index contributed by atoms with van der Waals surface area (Å²) in [6.45, 7) is 7.86. The minimum Gasteiger partial charge on any atom is -0.437 e. The van der Waals surface area contributed by atoms with Crippen LogP contribution >= 0.6 is 15.9 Å². The number of hydrogen-bond acceptors (Lipinski definition) is 5. The van der Waals surface area contributed by atoms with Crippen LogP contribution in [0.1, 0.15) is 22.6 Å². The number of ether oxygens (including phenoxy) is 1. The molecule has 0 aliphatic carbocycles. The number of hydrogen-bond donors (Lipinski definition) is 0. The summed E-state index contributed by atoms with van der Waals surface area (Å²) in [5, 5.41) is 4.47. The van der Waals surface area contributed by atoms with E-state index in [1.807, 2.05) is 33.8 Å². The van der Waals surface area contributed by atoms with E-state index in [1.54, 1.807) is 16.9 Å². The van der Waals surface area contributed by atoms with Crippen molar-refractivity contribution in [1.82, 2.24) is 24.7 Å². The lowest BCUT2D eigenvalue weighted by atomic mass is 10.2. The molecule has 0 aromatic carbocycles. The Morgan fingerprint density at radius 3 is 2.43 bits per heavy atom. The van der Waals surface area contributed by atoms with Gasteiger partial charge in [0, 0.05) is 11.8 Å². The summed E-state index contributed by atoms with van der Waals surface area (Å²) in [6.07, 6.45) is 3.15. The van der Waals surface area contributed by atoms with Crippen molar-refractivity contribution in [3.8, 4) is 17.4 Å². The second kappa shape index (κ2) is 6.08. The number of pyridine rings is 1. The molecule has 0 aliphatic rings. The van der Waals surface area contributed by atoms with Gasteiger partial charge in [-0.3, -0.25) is 4.98 Å². The minimum atomic E-state index is 0.448. The Morgan fingerprint density at radius 2 is 1.78 bits per heavy atom. The lowest BCUT2D eigenvalue weighted by Crippen LogP contribution is -2.03. The predicted molar refractivity (Wildman–Crippen MR) is 90.1 cm³/mol. The molecule has 0 atom stereocenters. The largest absolute Gasteiger partial charge is 0.437 e. The molecule has 0 bridgehead atoms. The average molecular weight is 374 g/mol. The van der Waals surface area contributed by atoms with Gasteiger partial charge in [0.05, 0.1) is 22.1 Å². The highest BCUT2D eigenvalue weighted by Gasteiger charge is 2.12. The Kier molecular flexibility index (Phi) is 4.12. The highest BCUT2D eigenvalue weighted by Crippen LogP contribution is 2.25. The Bertz CT molecular complexity index is 875. The first-order valence-electron chi connectivity index (χ1n) is 7.11. The smallest absolute Gasteiger partial charge is 0.224 e. The lowest BCUT2D eigenvalue weighted by Gasteiger charge is -2.08. The van der Waals surface area contributed by atoms with E-state index in [1.165, 1.54) is 6.33 Å². The Morgan fingerprint density at radius 1 is 1.00 bits per heavy atom. The minimum absolute atomic E-state index is 0.448. The zero-order valence-electron chi connectivity index (χ0n) is 13.3. The predicted octanol–water partition coefficient (Wildman–Crippen LogP) is 3.85. The van der Waals surface area contributed by atoms with Crippen LogP contribution in [0.5, 0.6) is 11.6 Å². The van der Waals surface area contributed by atoms with Gasteiger partial charge in [-0.25, -0.2) is 14.6 Å². The lowest BCUT2D eigenvalue weighted by molar-refractivity contribution is 0.457. The van der Waals surface area contributed by atoms with E-state index in [9.17, 15) is 0 Å². The molecule has 0 saturated heterocycles. The first-order valence-corrected chi connectivity index (χ1v) is 7.90. The van der Waals surface area contributed by atoms with Crippen LogP contribution in [-0.2, 0) is 0 Å². The Balaban J connectivity index is 1.93. The van der Waals surface area contributed by atoms with E-state index in [0.717, 1.165) is 27.1 Å². The molecule has 23 heavy (non-hydrogen) atoms. The van der Waals surface area contributed by atoms with E-state index in [-0.39, 0.29) is 0 Å². The van der Waals surface area contributed by atoms with Gasteiger partial charge in [-0.05, 0) is 55.3 Å². The summed E-state index contributed by atoms with van der Waals surface area (Å²) in [4.78, 5) is 12.7. The number of aryl methyl sites for hydroxylation is 3. The molecule has 0 unspecified atom stereocenters. The zero-order valence-corrected chi connectivity index (χ0v) is 14.9. The Hall–Kier alpha value is -2.28. The van der Waals surface area contributed by atoms with Crippen LogP contribution in [0.2, 0.25) is 0 Å². The molecule has 3 aromatic heterocycles. The Labute approximate surface area is 142 Å². The molecule has 118 valence electrons. The summed E-state index contributed by atoms with van der Waals surface area (Å²) in [7, 11) is 0. The molecular weight excluding hydrogens is 358 g/mol. The topological polar surface area (TPSA) is 65.7 Å². The fraction of sp³-hybridized carbons (Fsp3) is 0.250. The number of nitrogens with zero attached hydrogens (tertiary/aromatic N) is 5. The van der Waals surface area contributed by atoms with Crippen LogP contribution in [0, 0.1) is 27.7 Å².